The van der Waals surface area contributed by atoms with Gasteiger partial charge in [-0.15, -0.1) is 0 Å². The van der Waals surface area contributed by atoms with Crippen molar-refractivity contribution >= 4 is 26.0 Å². The summed E-state index contributed by atoms with van der Waals surface area (Å²) in [4.78, 5) is 10.3. The second kappa shape index (κ2) is 6.56. The molecule has 0 atom stereocenters. The Bertz CT molecular complexity index is 798. The molecule has 1 aromatic rings. The van der Waals surface area contributed by atoms with Gasteiger partial charge in [0.2, 0.25) is 20.0 Å². The van der Waals surface area contributed by atoms with Crippen LogP contribution in [0.4, 0.5) is 0 Å². The van der Waals surface area contributed by atoms with Crippen LogP contribution in [0.1, 0.15) is 12.8 Å². The van der Waals surface area contributed by atoms with E-state index in [-0.39, 0.29) is 9.79 Å². The Hall–Kier alpha value is -1.49. The lowest BCUT2D eigenvalue weighted by Crippen LogP contribution is -2.32. The lowest BCUT2D eigenvalue weighted by Gasteiger charge is -2.18. The van der Waals surface area contributed by atoms with Crippen LogP contribution in [-0.2, 0) is 24.8 Å². The molecule has 1 aliphatic heterocycles. The number of hydrogen-bond acceptors (Lipinski definition) is 5. The summed E-state index contributed by atoms with van der Waals surface area (Å²) in [6, 6.07) is 4.99. The molecule has 1 heterocycles. The van der Waals surface area contributed by atoms with Crippen LogP contribution in [0.3, 0.4) is 0 Å². The monoisotopic (exact) mass is 362 g/mol. The standard InChI is InChI=1S/C13H18N2O6S2/c1-14(10-13(16)17)22(18,19)11-5-4-6-12(9-11)23(20,21)15-7-2-3-8-15/h4-6,9H,2-3,7-8,10H2,1H3,(H,16,17). The molecule has 2 rings (SSSR count). The van der Waals surface area contributed by atoms with Crippen molar-refractivity contribution in [3.63, 3.8) is 0 Å². The van der Waals surface area contributed by atoms with Gasteiger partial charge in [0, 0.05) is 20.1 Å². The SMILES string of the molecule is CN(CC(=O)O)S(=O)(=O)c1cccc(S(=O)(=O)N2CCCC2)c1. The van der Waals surface area contributed by atoms with Crippen molar-refractivity contribution in [3.8, 4) is 0 Å². The third kappa shape index (κ3) is 3.71. The Labute approximate surface area is 135 Å². The van der Waals surface area contributed by atoms with Gasteiger partial charge in [-0.1, -0.05) is 6.07 Å². The maximum absolute atomic E-state index is 12.5. The summed E-state index contributed by atoms with van der Waals surface area (Å²) in [5.41, 5.74) is 0. The predicted molar refractivity (Wildman–Crippen MR) is 81.9 cm³/mol. The minimum absolute atomic E-state index is 0.107. The molecule has 1 N–H and O–H groups in total. The molecular weight excluding hydrogens is 344 g/mol. The van der Waals surface area contributed by atoms with E-state index in [9.17, 15) is 21.6 Å². The highest BCUT2D eigenvalue weighted by atomic mass is 32.2. The molecule has 8 nitrogen and oxygen atoms in total. The van der Waals surface area contributed by atoms with Crippen LogP contribution in [0.15, 0.2) is 34.1 Å². The molecule has 0 bridgehead atoms. The average molecular weight is 362 g/mol. The van der Waals surface area contributed by atoms with Crippen molar-refractivity contribution in [1.29, 1.82) is 0 Å². The van der Waals surface area contributed by atoms with Crippen LogP contribution in [-0.4, -0.2) is 63.2 Å². The quantitative estimate of drug-likeness (QED) is 0.772. The first kappa shape index (κ1) is 17.9. The Kier molecular flexibility index (Phi) is 5.09. The van der Waals surface area contributed by atoms with Crippen molar-refractivity contribution in [2.75, 3.05) is 26.7 Å². The van der Waals surface area contributed by atoms with Gasteiger partial charge in [0.25, 0.3) is 0 Å². The predicted octanol–water partition coefficient (Wildman–Crippen LogP) is 0.176. The third-order valence-corrected chi connectivity index (χ3v) is 7.27. The Balaban J connectivity index is 2.38. The highest BCUT2D eigenvalue weighted by Gasteiger charge is 2.29. The average Bonchev–Trinajstić information content (AvgIpc) is 3.01. The van der Waals surface area contributed by atoms with Crippen LogP contribution in [0.25, 0.3) is 0 Å². The zero-order valence-corrected chi connectivity index (χ0v) is 14.2. The summed E-state index contributed by atoms with van der Waals surface area (Å²) in [6.45, 7) is 0.127. The molecule has 1 fully saturated rings. The van der Waals surface area contributed by atoms with E-state index in [1.54, 1.807) is 0 Å². The number of aliphatic carboxylic acids is 1. The van der Waals surface area contributed by atoms with Gasteiger partial charge >= 0.3 is 5.97 Å². The van der Waals surface area contributed by atoms with Gasteiger partial charge in [0.05, 0.1) is 9.79 Å². The number of carbonyl (C=O) groups is 1. The molecule has 0 spiro atoms. The van der Waals surface area contributed by atoms with Crippen molar-refractivity contribution in [2.45, 2.75) is 22.6 Å². The van der Waals surface area contributed by atoms with Crippen molar-refractivity contribution in [1.82, 2.24) is 8.61 Å². The van der Waals surface area contributed by atoms with Gasteiger partial charge < -0.3 is 5.11 Å². The summed E-state index contributed by atoms with van der Waals surface area (Å²) in [6.07, 6.45) is 1.55. The highest BCUT2D eigenvalue weighted by Crippen LogP contribution is 2.24. The van der Waals surface area contributed by atoms with E-state index in [0.717, 1.165) is 26.0 Å². The Morgan fingerprint density at radius 3 is 2.30 bits per heavy atom. The molecule has 1 saturated heterocycles. The number of likely N-dealkylation sites (N-methyl/N-ethyl adjacent to an activating group) is 1. The largest absolute Gasteiger partial charge is 0.480 e. The molecule has 10 heteroatoms. The summed E-state index contributed by atoms with van der Waals surface area (Å²) in [5.74, 6) is -1.29. The molecule has 0 saturated carbocycles. The van der Waals surface area contributed by atoms with E-state index in [1.165, 1.54) is 22.5 Å². The molecule has 23 heavy (non-hydrogen) atoms. The van der Waals surface area contributed by atoms with Crippen LogP contribution in [0.2, 0.25) is 0 Å². The van der Waals surface area contributed by atoms with Crippen LogP contribution in [0, 0.1) is 0 Å². The van der Waals surface area contributed by atoms with Crippen LogP contribution < -0.4 is 0 Å². The first-order chi connectivity index (χ1) is 10.7. The van der Waals surface area contributed by atoms with E-state index < -0.39 is 32.6 Å². The summed E-state index contributed by atoms with van der Waals surface area (Å²) in [5, 5.41) is 8.71. The van der Waals surface area contributed by atoms with Gasteiger partial charge in [-0.3, -0.25) is 4.79 Å². The Morgan fingerprint density at radius 2 is 1.74 bits per heavy atom. The van der Waals surface area contributed by atoms with E-state index >= 15 is 0 Å². The first-order valence-corrected chi connectivity index (χ1v) is 9.82. The number of carboxylic acid groups (broad SMARTS) is 1. The molecule has 1 aromatic carbocycles. The maximum Gasteiger partial charge on any atom is 0.318 e. The van der Waals surface area contributed by atoms with Crippen molar-refractivity contribution in [2.24, 2.45) is 0 Å². The maximum atomic E-state index is 12.5. The number of rotatable bonds is 6. The van der Waals surface area contributed by atoms with Gasteiger partial charge in [-0.2, -0.15) is 8.61 Å². The van der Waals surface area contributed by atoms with Crippen LogP contribution >= 0.6 is 0 Å². The molecular formula is C13H18N2O6S2. The summed E-state index contributed by atoms with van der Waals surface area (Å²) < 4.78 is 51.6. The molecule has 0 aromatic heterocycles. The lowest BCUT2D eigenvalue weighted by molar-refractivity contribution is -0.137. The number of carboxylic acids is 1. The van der Waals surface area contributed by atoms with Gasteiger partial charge in [0.1, 0.15) is 6.54 Å². The third-order valence-electron chi connectivity index (χ3n) is 3.57. The lowest BCUT2D eigenvalue weighted by atomic mass is 10.4. The van der Waals surface area contributed by atoms with E-state index in [1.807, 2.05) is 0 Å². The molecule has 0 amide bonds. The van der Waals surface area contributed by atoms with Gasteiger partial charge in [-0.25, -0.2) is 16.8 Å². The van der Waals surface area contributed by atoms with Crippen molar-refractivity contribution < 1.29 is 26.7 Å². The molecule has 0 unspecified atom stereocenters. The number of sulfonamides is 2. The normalized spacial score (nSPS) is 16.8. The van der Waals surface area contributed by atoms with E-state index in [4.69, 9.17) is 5.11 Å². The zero-order chi connectivity index (χ0) is 17.3. The number of nitrogens with zero attached hydrogens (tertiary/aromatic N) is 2. The smallest absolute Gasteiger partial charge is 0.318 e. The van der Waals surface area contributed by atoms with E-state index in [0.29, 0.717) is 17.4 Å². The number of benzene rings is 1. The zero-order valence-electron chi connectivity index (χ0n) is 12.5. The molecule has 0 radical (unpaired) electrons. The van der Waals surface area contributed by atoms with Crippen LogP contribution in [0.5, 0.6) is 0 Å². The molecule has 1 aliphatic rings. The summed E-state index contributed by atoms with van der Waals surface area (Å²) in [7, 11) is -6.68. The fraction of sp³-hybridized carbons (Fsp3) is 0.462. The number of hydrogen-bond donors (Lipinski definition) is 1. The molecule has 0 aliphatic carbocycles. The molecule has 128 valence electrons. The Morgan fingerprint density at radius 1 is 1.17 bits per heavy atom. The minimum atomic E-state index is -4.07. The first-order valence-electron chi connectivity index (χ1n) is 6.94. The second-order valence-electron chi connectivity index (χ2n) is 5.24. The van der Waals surface area contributed by atoms with Gasteiger partial charge in [0.15, 0.2) is 0 Å². The van der Waals surface area contributed by atoms with Gasteiger partial charge in [-0.05, 0) is 31.0 Å². The topological polar surface area (TPSA) is 112 Å². The fourth-order valence-electron chi connectivity index (χ4n) is 2.33. The van der Waals surface area contributed by atoms with Crippen molar-refractivity contribution in [3.05, 3.63) is 24.3 Å². The summed E-state index contributed by atoms with van der Waals surface area (Å²) >= 11 is 0. The second-order valence-corrected chi connectivity index (χ2v) is 9.22. The fourth-order valence-corrected chi connectivity index (χ4v) is 5.13. The minimum Gasteiger partial charge on any atom is -0.480 e. The van der Waals surface area contributed by atoms with E-state index in [2.05, 4.69) is 0 Å². The highest BCUT2D eigenvalue weighted by molar-refractivity contribution is 7.90.